The summed E-state index contributed by atoms with van der Waals surface area (Å²) in [7, 11) is 0. The molecule has 7 heteroatoms. The zero-order chi connectivity index (χ0) is 15.1. The van der Waals surface area contributed by atoms with E-state index in [0.717, 1.165) is 11.5 Å². The Morgan fingerprint density at radius 3 is 2.95 bits per heavy atom. The molecule has 1 N–H and O–H groups in total. The van der Waals surface area contributed by atoms with Gasteiger partial charge in [0.15, 0.2) is 5.82 Å². The Labute approximate surface area is 127 Å². The predicted octanol–water partition coefficient (Wildman–Crippen LogP) is 1.59. The molecule has 1 aromatic heterocycles. The average Bonchev–Trinajstić information content (AvgIpc) is 2.99. The highest BCUT2D eigenvalue weighted by Gasteiger charge is 2.15. The third kappa shape index (κ3) is 4.16. The van der Waals surface area contributed by atoms with Crippen LogP contribution in [0, 0.1) is 0 Å². The molecule has 0 spiro atoms. The van der Waals surface area contributed by atoms with Crippen molar-refractivity contribution in [1.29, 1.82) is 0 Å². The van der Waals surface area contributed by atoms with Crippen LogP contribution < -0.4 is 5.32 Å². The van der Waals surface area contributed by atoms with Gasteiger partial charge in [0.1, 0.15) is 0 Å². The van der Waals surface area contributed by atoms with E-state index < -0.39 is 0 Å². The zero-order valence-corrected chi connectivity index (χ0v) is 12.6. The van der Waals surface area contributed by atoms with Gasteiger partial charge in [-0.1, -0.05) is 24.3 Å². The number of nitrogens with zero attached hydrogens (tertiary/aromatic N) is 4. The minimum atomic E-state index is -0.175. The zero-order valence-electron chi connectivity index (χ0n) is 11.8. The topological polar surface area (TPSA) is 72.7 Å². The number of aromatic nitrogens is 4. The van der Waals surface area contributed by atoms with Gasteiger partial charge in [0.05, 0.1) is 16.7 Å². The summed E-state index contributed by atoms with van der Waals surface area (Å²) in [6, 6.07) is 9.67. The second kappa shape index (κ2) is 7.58. The normalized spacial score (nSPS) is 11.9. The van der Waals surface area contributed by atoms with Gasteiger partial charge < -0.3 is 5.32 Å². The van der Waals surface area contributed by atoms with Crippen LogP contribution in [0.5, 0.6) is 0 Å². The van der Waals surface area contributed by atoms with E-state index >= 15 is 0 Å². The molecule has 110 valence electrons. The molecule has 0 aliphatic heterocycles. The second-order valence-corrected chi connectivity index (χ2v) is 5.66. The van der Waals surface area contributed by atoms with Gasteiger partial charge in [0.2, 0.25) is 5.91 Å². The molecule has 2 rings (SSSR count). The van der Waals surface area contributed by atoms with Gasteiger partial charge in [-0.25, -0.2) is 0 Å². The average molecular weight is 303 g/mol. The number of benzene rings is 1. The smallest absolute Gasteiger partial charge is 0.233 e. The maximum absolute atomic E-state index is 11.8. The van der Waals surface area contributed by atoms with Gasteiger partial charge in [-0.2, -0.15) is 4.68 Å². The van der Waals surface area contributed by atoms with Crippen LogP contribution >= 0.6 is 11.8 Å². The second-order valence-electron chi connectivity index (χ2n) is 4.33. The molecule has 1 amide bonds. The summed E-state index contributed by atoms with van der Waals surface area (Å²) in [6.07, 6.45) is 1.66. The van der Waals surface area contributed by atoms with Crippen molar-refractivity contribution in [3.8, 4) is 5.69 Å². The number of carbonyl (C=O) groups is 1. The van der Waals surface area contributed by atoms with Gasteiger partial charge >= 0.3 is 0 Å². The molecule has 1 atom stereocenters. The van der Waals surface area contributed by atoms with E-state index in [2.05, 4.69) is 27.4 Å². The summed E-state index contributed by atoms with van der Waals surface area (Å²) in [6.45, 7) is 5.91. The van der Waals surface area contributed by atoms with E-state index in [1.807, 2.05) is 37.3 Å². The summed E-state index contributed by atoms with van der Waals surface area (Å²) in [5, 5.41) is 14.3. The number of para-hydroxylation sites is 1. The molecule has 1 heterocycles. The maximum atomic E-state index is 11.8. The van der Waals surface area contributed by atoms with E-state index in [1.165, 1.54) is 11.8 Å². The van der Waals surface area contributed by atoms with Crippen LogP contribution in [0.25, 0.3) is 5.69 Å². The molecule has 0 aliphatic carbocycles. The number of carbonyl (C=O) groups excluding carboxylic acids is 1. The number of amides is 1. The monoisotopic (exact) mass is 303 g/mol. The lowest BCUT2D eigenvalue weighted by Crippen LogP contribution is -2.31. The van der Waals surface area contributed by atoms with Crippen molar-refractivity contribution >= 4 is 17.7 Å². The first kappa shape index (κ1) is 15.2. The van der Waals surface area contributed by atoms with E-state index in [9.17, 15) is 4.79 Å². The van der Waals surface area contributed by atoms with Crippen molar-refractivity contribution in [3.05, 3.63) is 48.8 Å². The number of tetrazole rings is 1. The van der Waals surface area contributed by atoms with Crippen molar-refractivity contribution in [2.45, 2.75) is 17.9 Å². The molecule has 1 unspecified atom stereocenters. The molecular formula is C14H17N5OS. The quantitative estimate of drug-likeness (QED) is 0.786. The van der Waals surface area contributed by atoms with Crippen LogP contribution in [0.3, 0.4) is 0 Å². The summed E-state index contributed by atoms with van der Waals surface area (Å²) in [5.74, 6) is 1.26. The van der Waals surface area contributed by atoms with E-state index in [1.54, 1.807) is 10.8 Å². The summed E-state index contributed by atoms with van der Waals surface area (Å²) < 4.78 is 1.68. The summed E-state index contributed by atoms with van der Waals surface area (Å²) in [5.41, 5.74) is 0.905. The number of hydrogen-bond donors (Lipinski definition) is 1. The number of nitrogens with one attached hydrogen (secondary N) is 1. The molecule has 0 radical (unpaired) electrons. The molecule has 0 fully saturated rings. The first-order chi connectivity index (χ1) is 10.2. The number of thioether (sulfide) groups is 1. The fraction of sp³-hybridized carbons (Fsp3) is 0.286. The first-order valence-corrected chi connectivity index (χ1v) is 7.60. The Bertz CT molecular complexity index is 598. The van der Waals surface area contributed by atoms with Gasteiger partial charge in [-0.05, 0) is 29.5 Å². The Balaban J connectivity index is 1.97. The summed E-state index contributed by atoms with van der Waals surface area (Å²) >= 11 is 1.49. The predicted molar refractivity (Wildman–Crippen MR) is 83.1 cm³/mol. The molecule has 2 aromatic rings. The number of rotatable bonds is 7. The third-order valence-corrected chi connectivity index (χ3v) is 3.93. The molecule has 21 heavy (non-hydrogen) atoms. The minimum absolute atomic E-state index is 0.0152. The Hall–Kier alpha value is -2.15. The van der Waals surface area contributed by atoms with E-state index in [0.29, 0.717) is 12.3 Å². The Morgan fingerprint density at radius 1 is 1.48 bits per heavy atom. The van der Waals surface area contributed by atoms with Crippen molar-refractivity contribution in [2.24, 2.45) is 0 Å². The van der Waals surface area contributed by atoms with Gasteiger partial charge in [-0.3, -0.25) is 4.79 Å². The molecule has 0 bridgehead atoms. The molecule has 6 nitrogen and oxygen atoms in total. The minimum Gasteiger partial charge on any atom is -0.352 e. The first-order valence-electron chi connectivity index (χ1n) is 6.55. The molecular weight excluding hydrogens is 286 g/mol. The van der Waals surface area contributed by atoms with Gasteiger partial charge in [-0.15, -0.1) is 23.4 Å². The van der Waals surface area contributed by atoms with Crippen LogP contribution in [0.2, 0.25) is 0 Å². The summed E-state index contributed by atoms with van der Waals surface area (Å²) in [4.78, 5) is 11.8. The van der Waals surface area contributed by atoms with E-state index in [-0.39, 0.29) is 11.2 Å². The SMILES string of the molecule is C=CCNC(=O)C(C)SCc1nnnn1-c1ccccc1. The van der Waals surface area contributed by atoms with Gasteiger partial charge in [0, 0.05) is 6.54 Å². The third-order valence-electron chi connectivity index (χ3n) is 2.79. The Morgan fingerprint density at radius 2 is 2.24 bits per heavy atom. The maximum Gasteiger partial charge on any atom is 0.233 e. The highest BCUT2D eigenvalue weighted by molar-refractivity contribution is 7.99. The van der Waals surface area contributed by atoms with Crippen molar-refractivity contribution < 1.29 is 4.79 Å². The van der Waals surface area contributed by atoms with Crippen molar-refractivity contribution in [1.82, 2.24) is 25.5 Å². The van der Waals surface area contributed by atoms with Crippen LogP contribution in [-0.2, 0) is 10.5 Å². The van der Waals surface area contributed by atoms with Crippen LogP contribution in [0.1, 0.15) is 12.7 Å². The Kier molecular flexibility index (Phi) is 5.51. The van der Waals surface area contributed by atoms with Crippen molar-refractivity contribution in [3.63, 3.8) is 0 Å². The highest BCUT2D eigenvalue weighted by Crippen LogP contribution is 2.17. The molecule has 0 aliphatic rings. The molecule has 0 saturated carbocycles. The fourth-order valence-corrected chi connectivity index (χ4v) is 2.47. The van der Waals surface area contributed by atoms with Crippen LogP contribution in [0.15, 0.2) is 43.0 Å². The molecule has 1 aromatic carbocycles. The lowest BCUT2D eigenvalue weighted by Gasteiger charge is -2.10. The van der Waals surface area contributed by atoms with Gasteiger partial charge in [0.25, 0.3) is 0 Å². The lowest BCUT2D eigenvalue weighted by atomic mass is 10.3. The highest BCUT2D eigenvalue weighted by atomic mass is 32.2. The van der Waals surface area contributed by atoms with Crippen LogP contribution in [0.4, 0.5) is 0 Å². The van der Waals surface area contributed by atoms with E-state index in [4.69, 9.17) is 0 Å². The van der Waals surface area contributed by atoms with Crippen LogP contribution in [-0.4, -0.2) is 37.9 Å². The largest absolute Gasteiger partial charge is 0.352 e. The fourth-order valence-electron chi connectivity index (χ4n) is 1.66. The number of hydrogen-bond acceptors (Lipinski definition) is 5. The van der Waals surface area contributed by atoms with Crippen molar-refractivity contribution in [2.75, 3.05) is 6.54 Å². The lowest BCUT2D eigenvalue weighted by molar-refractivity contribution is -0.120. The standard InChI is InChI=1S/C14H17N5OS/c1-3-9-15-14(20)11(2)21-10-13-16-17-18-19(13)12-7-5-4-6-8-12/h3-8,11H,1,9-10H2,2H3,(H,15,20). The molecule has 0 saturated heterocycles.